The van der Waals surface area contributed by atoms with Gasteiger partial charge in [-0.15, -0.1) is 0 Å². The molecule has 2 heterocycles. The highest BCUT2D eigenvalue weighted by atomic mass is 16.1. The summed E-state index contributed by atoms with van der Waals surface area (Å²) in [6.45, 7) is 0. The van der Waals surface area contributed by atoms with Crippen LogP contribution in [-0.4, -0.2) is 21.1 Å². The lowest BCUT2D eigenvalue weighted by molar-refractivity contribution is 0.112. The van der Waals surface area contributed by atoms with Crippen LogP contribution in [0.5, 0.6) is 0 Å². The fourth-order valence-corrected chi connectivity index (χ4v) is 1.22. The number of rotatable bonds is 1. The second kappa shape index (κ2) is 2.55. The number of carbonyl (C=O) groups is 1. The Morgan fingerprint density at radius 1 is 1.54 bits per heavy atom. The number of anilines is 1. The Balaban J connectivity index is 2.87. The standard InChI is InChI=1S/C8H8N4O/c1-12-8-6(3-11-12)7(9)5(4-13)2-10-8/h2-4H,1H3,(H2,9,10). The van der Waals surface area contributed by atoms with Gasteiger partial charge < -0.3 is 5.73 Å². The molecule has 2 aromatic rings. The van der Waals surface area contributed by atoms with Crippen molar-refractivity contribution in [3.8, 4) is 0 Å². The molecule has 0 atom stereocenters. The van der Waals surface area contributed by atoms with Crippen LogP contribution in [0.4, 0.5) is 5.69 Å². The summed E-state index contributed by atoms with van der Waals surface area (Å²) in [5.41, 5.74) is 7.24. The zero-order chi connectivity index (χ0) is 9.42. The molecule has 0 aromatic carbocycles. The van der Waals surface area contributed by atoms with E-state index in [1.165, 1.54) is 6.20 Å². The lowest BCUT2D eigenvalue weighted by atomic mass is 10.2. The van der Waals surface area contributed by atoms with Crippen LogP contribution in [0.1, 0.15) is 10.4 Å². The monoisotopic (exact) mass is 176 g/mol. The third-order valence-electron chi connectivity index (χ3n) is 1.96. The zero-order valence-electron chi connectivity index (χ0n) is 7.06. The maximum absolute atomic E-state index is 10.5. The number of hydrogen-bond acceptors (Lipinski definition) is 4. The SMILES string of the molecule is Cn1ncc2c(N)c(C=O)cnc21. The van der Waals surface area contributed by atoms with Gasteiger partial charge in [-0.1, -0.05) is 0 Å². The normalized spacial score (nSPS) is 10.5. The van der Waals surface area contributed by atoms with E-state index in [0.29, 0.717) is 28.6 Å². The smallest absolute Gasteiger partial charge is 0.159 e. The number of aryl methyl sites for hydroxylation is 1. The zero-order valence-corrected chi connectivity index (χ0v) is 7.06. The van der Waals surface area contributed by atoms with Crippen molar-refractivity contribution in [3.63, 3.8) is 0 Å². The van der Waals surface area contributed by atoms with E-state index in [4.69, 9.17) is 5.73 Å². The minimum Gasteiger partial charge on any atom is -0.397 e. The number of pyridine rings is 1. The lowest BCUT2D eigenvalue weighted by Crippen LogP contribution is -1.97. The molecule has 13 heavy (non-hydrogen) atoms. The van der Waals surface area contributed by atoms with Crippen LogP contribution in [0, 0.1) is 0 Å². The molecule has 5 heteroatoms. The van der Waals surface area contributed by atoms with Crippen LogP contribution in [0.3, 0.4) is 0 Å². The quantitative estimate of drug-likeness (QED) is 0.637. The van der Waals surface area contributed by atoms with Gasteiger partial charge in [0.05, 0.1) is 22.8 Å². The number of hydrogen-bond donors (Lipinski definition) is 1. The van der Waals surface area contributed by atoms with Crippen molar-refractivity contribution in [2.24, 2.45) is 7.05 Å². The van der Waals surface area contributed by atoms with E-state index in [9.17, 15) is 4.79 Å². The molecule has 2 N–H and O–H groups in total. The Morgan fingerprint density at radius 3 is 3.00 bits per heavy atom. The maximum atomic E-state index is 10.5. The van der Waals surface area contributed by atoms with Crippen LogP contribution in [0.25, 0.3) is 11.0 Å². The molecular weight excluding hydrogens is 168 g/mol. The summed E-state index contributed by atoms with van der Waals surface area (Å²) < 4.78 is 1.61. The average Bonchev–Trinajstić information content (AvgIpc) is 2.50. The number of aldehydes is 1. The molecule has 0 fully saturated rings. The molecule has 0 saturated carbocycles. The molecular formula is C8H8N4O. The first-order valence-electron chi connectivity index (χ1n) is 3.75. The predicted octanol–water partition coefficient (Wildman–Crippen LogP) is 0.363. The van der Waals surface area contributed by atoms with Crippen molar-refractivity contribution >= 4 is 23.0 Å². The third kappa shape index (κ3) is 0.970. The van der Waals surface area contributed by atoms with E-state index in [0.717, 1.165) is 0 Å². The van der Waals surface area contributed by atoms with Gasteiger partial charge in [-0.3, -0.25) is 9.48 Å². The fraction of sp³-hybridized carbons (Fsp3) is 0.125. The largest absolute Gasteiger partial charge is 0.397 e. The Hall–Kier alpha value is -1.91. The van der Waals surface area contributed by atoms with E-state index in [1.54, 1.807) is 17.9 Å². The molecule has 2 rings (SSSR count). The molecule has 0 amide bonds. The first-order chi connectivity index (χ1) is 6.24. The van der Waals surface area contributed by atoms with Crippen molar-refractivity contribution in [2.45, 2.75) is 0 Å². The summed E-state index contributed by atoms with van der Waals surface area (Å²) >= 11 is 0. The molecule has 0 bridgehead atoms. The first kappa shape index (κ1) is 7.72. The summed E-state index contributed by atoms with van der Waals surface area (Å²) in [7, 11) is 1.77. The molecule has 5 nitrogen and oxygen atoms in total. The molecule has 0 spiro atoms. The van der Waals surface area contributed by atoms with Gasteiger partial charge in [0.2, 0.25) is 0 Å². The van der Waals surface area contributed by atoms with E-state index in [2.05, 4.69) is 10.1 Å². The predicted molar refractivity (Wildman–Crippen MR) is 48.3 cm³/mol. The highest BCUT2D eigenvalue weighted by molar-refractivity contribution is 5.97. The van der Waals surface area contributed by atoms with Crippen LogP contribution in [0.2, 0.25) is 0 Å². The van der Waals surface area contributed by atoms with Gasteiger partial charge in [0.1, 0.15) is 0 Å². The number of nitrogens with zero attached hydrogens (tertiary/aromatic N) is 3. The molecule has 0 aliphatic heterocycles. The minimum atomic E-state index is 0.403. The Kier molecular flexibility index (Phi) is 1.51. The van der Waals surface area contributed by atoms with Crippen molar-refractivity contribution in [1.29, 1.82) is 0 Å². The second-order valence-electron chi connectivity index (χ2n) is 2.75. The summed E-state index contributed by atoms with van der Waals surface area (Å²) in [6.07, 6.45) is 3.74. The van der Waals surface area contributed by atoms with Gasteiger partial charge in [0.25, 0.3) is 0 Å². The van der Waals surface area contributed by atoms with E-state index in [-0.39, 0.29) is 0 Å². The van der Waals surface area contributed by atoms with Crippen molar-refractivity contribution in [2.75, 3.05) is 5.73 Å². The van der Waals surface area contributed by atoms with Gasteiger partial charge in [0, 0.05) is 13.2 Å². The Morgan fingerprint density at radius 2 is 2.31 bits per heavy atom. The summed E-state index contributed by atoms with van der Waals surface area (Å²) in [6, 6.07) is 0. The average molecular weight is 176 g/mol. The number of fused-ring (bicyclic) bond motifs is 1. The van der Waals surface area contributed by atoms with Gasteiger partial charge in [-0.25, -0.2) is 4.98 Å². The highest BCUT2D eigenvalue weighted by Gasteiger charge is 2.07. The van der Waals surface area contributed by atoms with Crippen LogP contribution in [-0.2, 0) is 7.05 Å². The third-order valence-corrected chi connectivity index (χ3v) is 1.96. The van der Waals surface area contributed by atoms with Gasteiger partial charge >= 0.3 is 0 Å². The van der Waals surface area contributed by atoms with Crippen molar-refractivity contribution < 1.29 is 4.79 Å². The first-order valence-corrected chi connectivity index (χ1v) is 3.75. The second-order valence-corrected chi connectivity index (χ2v) is 2.75. The number of aromatic nitrogens is 3. The molecule has 0 radical (unpaired) electrons. The minimum absolute atomic E-state index is 0.403. The van der Waals surface area contributed by atoms with Gasteiger partial charge in [0.15, 0.2) is 11.9 Å². The van der Waals surface area contributed by atoms with Crippen LogP contribution < -0.4 is 5.73 Å². The van der Waals surface area contributed by atoms with Gasteiger partial charge in [-0.2, -0.15) is 5.10 Å². The molecule has 0 saturated heterocycles. The number of nitrogen functional groups attached to an aromatic ring is 1. The summed E-state index contributed by atoms with van der Waals surface area (Å²) in [4.78, 5) is 14.6. The molecule has 0 aliphatic rings. The van der Waals surface area contributed by atoms with Crippen molar-refractivity contribution in [3.05, 3.63) is 18.0 Å². The van der Waals surface area contributed by atoms with Crippen molar-refractivity contribution in [1.82, 2.24) is 14.8 Å². The summed E-state index contributed by atoms with van der Waals surface area (Å²) in [5, 5.41) is 4.71. The van der Waals surface area contributed by atoms with Crippen LogP contribution >= 0.6 is 0 Å². The van der Waals surface area contributed by atoms with E-state index < -0.39 is 0 Å². The molecule has 2 aromatic heterocycles. The van der Waals surface area contributed by atoms with E-state index in [1.807, 2.05) is 0 Å². The summed E-state index contributed by atoms with van der Waals surface area (Å²) in [5.74, 6) is 0. The number of carbonyl (C=O) groups excluding carboxylic acids is 1. The molecule has 0 aliphatic carbocycles. The van der Waals surface area contributed by atoms with Gasteiger partial charge in [-0.05, 0) is 0 Å². The lowest BCUT2D eigenvalue weighted by Gasteiger charge is -1.98. The van der Waals surface area contributed by atoms with Crippen LogP contribution in [0.15, 0.2) is 12.4 Å². The fourth-order valence-electron chi connectivity index (χ4n) is 1.22. The molecule has 66 valence electrons. The Labute approximate surface area is 74.2 Å². The maximum Gasteiger partial charge on any atom is 0.159 e. The molecule has 0 unspecified atom stereocenters. The van der Waals surface area contributed by atoms with E-state index >= 15 is 0 Å². The number of nitrogens with two attached hydrogens (primary N) is 1. The topological polar surface area (TPSA) is 73.8 Å². The highest BCUT2D eigenvalue weighted by Crippen LogP contribution is 2.20. The Bertz CT molecular complexity index is 474.